The summed E-state index contributed by atoms with van der Waals surface area (Å²) in [5.41, 5.74) is 7.53. The Morgan fingerprint density at radius 2 is 1.11 bits per heavy atom. The van der Waals surface area contributed by atoms with Crippen LogP contribution in [0.15, 0.2) is 46.2 Å². The summed E-state index contributed by atoms with van der Waals surface area (Å²) >= 11 is 1.34. The van der Waals surface area contributed by atoms with E-state index in [1.165, 1.54) is 74.3 Å². The van der Waals surface area contributed by atoms with E-state index in [9.17, 15) is 10.2 Å². The van der Waals surface area contributed by atoms with Crippen LogP contribution in [0.3, 0.4) is 0 Å². The predicted octanol–water partition coefficient (Wildman–Crippen LogP) is 8.25. The molecule has 0 radical (unpaired) electrons. The first kappa shape index (κ1) is 35.8. The van der Waals surface area contributed by atoms with Crippen LogP contribution >= 0.6 is 11.8 Å². The molecule has 0 spiro atoms. The second kappa shape index (κ2) is 21.7. The zero-order chi connectivity index (χ0) is 26.8. The molecule has 0 saturated heterocycles. The molecule has 0 atom stereocenters. The van der Waals surface area contributed by atoms with Gasteiger partial charge in [-0.25, -0.2) is 0 Å². The zero-order valence-electron chi connectivity index (χ0n) is 23.9. The monoisotopic (exact) mass is 571 g/mol. The maximum Gasteiger partial charge on any atom is 2.00 e. The van der Waals surface area contributed by atoms with E-state index in [0.29, 0.717) is 9.79 Å². The molecule has 0 aliphatic heterocycles. The van der Waals surface area contributed by atoms with Gasteiger partial charge >= 0.3 is 16.5 Å². The van der Waals surface area contributed by atoms with Crippen molar-refractivity contribution in [2.24, 2.45) is 17.6 Å². The van der Waals surface area contributed by atoms with E-state index in [1.54, 1.807) is 12.1 Å². The van der Waals surface area contributed by atoms with Crippen LogP contribution < -0.4 is 15.9 Å². The smallest absolute Gasteiger partial charge is 0.872 e. The van der Waals surface area contributed by atoms with Crippen molar-refractivity contribution in [2.75, 3.05) is 6.54 Å². The summed E-state index contributed by atoms with van der Waals surface area (Å²) in [7, 11) is 0. The van der Waals surface area contributed by atoms with E-state index in [-0.39, 0.29) is 28.0 Å². The number of rotatable bonds is 16. The third-order valence-corrected chi connectivity index (χ3v) is 7.37. The first-order chi connectivity index (χ1) is 17.3. The van der Waals surface area contributed by atoms with E-state index >= 15 is 0 Å². The molecule has 0 amide bonds. The minimum absolute atomic E-state index is 0. The number of nitrogens with two attached hydrogens (primary N) is 1. The second-order valence-electron chi connectivity index (χ2n) is 10.8. The molecular weight excluding hydrogens is 521 g/mol. The first-order valence-corrected chi connectivity index (χ1v) is 15.1. The molecule has 0 saturated carbocycles. The summed E-state index contributed by atoms with van der Waals surface area (Å²) < 4.78 is 0. The molecule has 2 aromatic rings. The molecule has 2 aromatic carbocycles. The molecule has 2 rings (SSSR count). The summed E-state index contributed by atoms with van der Waals surface area (Å²) in [5.74, 6) is 1.54. The molecule has 5 heteroatoms. The fourth-order valence-corrected chi connectivity index (χ4v) is 5.01. The molecule has 0 fully saturated rings. The second-order valence-corrected chi connectivity index (χ2v) is 11.9. The number of unbranched alkanes of at least 4 members (excludes halogenated alkanes) is 5. The van der Waals surface area contributed by atoms with Crippen LogP contribution in [-0.2, 0) is 29.3 Å². The molecule has 2 N–H and O–H groups in total. The standard InChI is InChI=1S/C28H42O2S.C4H11N.Ni/c1-21(2)11-7-5-9-13-23-15-17-25(29)27(19-23)31-28-20-24(16-18-26(28)30)14-10-6-8-12-22(3)4;1-2-3-4-5;/h15-22,29-30H,5-14H2,1-4H3;2-5H2,1H3;/q;;+2/p-2. The molecule has 37 heavy (non-hydrogen) atoms. The summed E-state index contributed by atoms with van der Waals surface area (Å²) in [6.45, 7) is 12.0. The Morgan fingerprint density at radius 1 is 0.676 bits per heavy atom. The van der Waals surface area contributed by atoms with Crippen LogP contribution in [0.2, 0.25) is 0 Å². The van der Waals surface area contributed by atoms with Crippen LogP contribution in [0.1, 0.15) is 110 Å². The summed E-state index contributed by atoms with van der Waals surface area (Å²) in [4.78, 5) is 1.34. The molecule has 0 aromatic heterocycles. The van der Waals surface area contributed by atoms with Crippen LogP contribution in [0.4, 0.5) is 0 Å². The van der Waals surface area contributed by atoms with E-state index in [1.807, 2.05) is 24.3 Å². The van der Waals surface area contributed by atoms with Gasteiger partial charge in [-0.05, 0) is 73.7 Å². The minimum atomic E-state index is 0. The molecule has 0 heterocycles. The van der Waals surface area contributed by atoms with Gasteiger partial charge in [0.2, 0.25) is 0 Å². The maximum absolute atomic E-state index is 12.4. The van der Waals surface area contributed by atoms with Crippen molar-refractivity contribution in [2.45, 2.75) is 121 Å². The van der Waals surface area contributed by atoms with Crippen molar-refractivity contribution in [1.82, 2.24) is 0 Å². The number of benzene rings is 2. The van der Waals surface area contributed by atoms with Gasteiger partial charge in [-0.2, -0.15) is 0 Å². The van der Waals surface area contributed by atoms with Gasteiger partial charge in [-0.15, -0.1) is 0 Å². The van der Waals surface area contributed by atoms with Gasteiger partial charge in [-0.3, -0.25) is 0 Å². The maximum atomic E-state index is 12.4. The summed E-state index contributed by atoms with van der Waals surface area (Å²) in [5, 5.41) is 24.8. The fraction of sp³-hybridized carbons (Fsp3) is 0.625. The first-order valence-electron chi connectivity index (χ1n) is 14.2. The third-order valence-electron chi connectivity index (χ3n) is 6.29. The average Bonchev–Trinajstić information content (AvgIpc) is 2.83. The zero-order valence-corrected chi connectivity index (χ0v) is 25.7. The van der Waals surface area contributed by atoms with E-state index in [4.69, 9.17) is 5.73 Å². The van der Waals surface area contributed by atoms with E-state index < -0.39 is 0 Å². The molecular formula is C32H51NNiO2S. The topological polar surface area (TPSA) is 72.1 Å². The van der Waals surface area contributed by atoms with Crippen LogP contribution in [0.25, 0.3) is 0 Å². The largest absolute Gasteiger partial charge is 2.00 e. The van der Waals surface area contributed by atoms with E-state index in [0.717, 1.165) is 44.1 Å². The van der Waals surface area contributed by atoms with E-state index in [2.05, 4.69) is 34.6 Å². The van der Waals surface area contributed by atoms with Crippen LogP contribution in [0.5, 0.6) is 11.5 Å². The van der Waals surface area contributed by atoms with Crippen molar-refractivity contribution >= 4 is 11.8 Å². The van der Waals surface area contributed by atoms with Crippen LogP contribution in [-0.4, -0.2) is 6.54 Å². The SMILES string of the molecule is CC(C)CCCCCc1ccc([O-])c(Sc2cc(CCCCCC(C)C)ccc2[O-])c1.CCCCN.[Ni+2]. The molecule has 0 unspecified atom stereocenters. The molecule has 0 aliphatic rings. The fourth-order valence-electron chi connectivity index (χ4n) is 4.02. The average molecular weight is 573 g/mol. The van der Waals surface area contributed by atoms with Crippen molar-refractivity contribution in [3.8, 4) is 11.5 Å². The number of hydrogen-bond acceptors (Lipinski definition) is 4. The quantitative estimate of drug-likeness (QED) is 0.162. The molecule has 0 bridgehead atoms. The van der Waals surface area contributed by atoms with Crippen molar-refractivity contribution in [3.63, 3.8) is 0 Å². The number of hydrogen-bond donors (Lipinski definition) is 1. The van der Waals surface area contributed by atoms with Gasteiger partial charge in [0, 0.05) is 9.79 Å². The molecule has 0 aliphatic carbocycles. The summed E-state index contributed by atoms with van der Waals surface area (Å²) in [6, 6.07) is 11.2. The van der Waals surface area contributed by atoms with Crippen LogP contribution in [0, 0.1) is 11.8 Å². The molecule has 212 valence electrons. The van der Waals surface area contributed by atoms with Gasteiger partial charge in [-0.1, -0.05) is 127 Å². The Bertz CT molecular complexity index is 774. The normalized spacial score (nSPS) is 10.8. The van der Waals surface area contributed by atoms with Gasteiger partial charge in [0.15, 0.2) is 0 Å². The third kappa shape index (κ3) is 17.1. The Labute approximate surface area is 242 Å². The van der Waals surface area contributed by atoms with Gasteiger partial charge in [0.1, 0.15) is 0 Å². The Balaban J connectivity index is 0.00000196. The summed E-state index contributed by atoms with van der Waals surface area (Å²) in [6.07, 6.45) is 14.2. The van der Waals surface area contributed by atoms with Gasteiger partial charge < -0.3 is 15.9 Å². The van der Waals surface area contributed by atoms with Crippen molar-refractivity contribution < 1.29 is 26.7 Å². The minimum Gasteiger partial charge on any atom is -0.872 e. The Kier molecular flexibility index (Phi) is 21.1. The Morgan fingerprint density at radius 3 is 1.43 bits per heavy atom. The van der Waals surface area contributed by atoms with Gasteiger partial charge in [0.05, 0.1) is 0 Å². The van der Waals surface area contributed by atoms with Crippen molar-refractivity contribution in [3.05, 3.63) is 47.5 Å². The number of aryl methyl sites for hydroxylation is 2. The molecule has 3 nitrogen and oxygen atoms in total. The van der Waals surface area contributed by atoms with Gasteiger partial charge in [0.25, 0.3) is 0 Å². The van der Waals surface area contributed by atoms with Crippen molar-refractivity contribution in [1.29, 1.82) is 0 Å². The Hall–Kier alpha value is -1.16. The predicted molar refractivity (Wildman–Crippen MR) is 154 cm³/mol.